The molecule has 4 N–H and O–H groups in total. The van der Waals surface area contributed by atoms with Gasteiger partial charge in [0.2, 0.25) is 23.6 Å². The molecule has 576 valence electrons. The number of rotatable bonds is 29. The number of hydrogen-bond acceptors (Lipinski definition) is 18. The molecule has 3 saturated heterocycles. The maximum atomic E-state index is 14.6. The van der Waals surface area contributed by atoms with Crippen molar-refractivity contribution in [3.05, 3.63) is 160 Å². The van der Waals surface area contributed by atoms with Gasteiger partial charge in [0.15, 0.2) is 0 Å². The standard InChI is InChI=1S/C78H96ClF3N10O11S4/c1-52(55-22-24-57(25-23-55)72-53(2)83-51-105-72)84-75(97)68-46-63(103-54(3)93)49-92(68)76(98)73(77(4,5)6)86-70(94)20-14-9-15-21-71(95)91-44-38-88(39-45-91)37-36-61(50-104-64-17-11-8-12-18-64)85-67-35-34-65(47-69(67)106(99,100)78(80,81)82)107(101,102)87-74(96)58-28-32-62(33-29-58)90-42-40-89(41-43-90)48-59-16-10-7-13-19-66(59)56-26-30-60(79)31-27-56/h8,11-12,17-18,22-35,47,51-52,61,63,68,73,85H,7,9-10,13-16,19-21,36-46,48-50H2,1-6H3,(H,84,97)(H,86,94)(H,87,96)/t52-,61?,63?,68?,73?/m0/s1. The lowest BCUT2D eigenvalue weighted by atomic mass is 9.85. The normalized spacial score (nSPS) is 18.1. The summed E-state index contributed by atoms with van der Waals surface area (Å²) in [5.41, 5.74) is 2.29. The zero-order valence-electron chi connectivity index (χ0n) is 61.3. The van der Waals surface area contributed by atoms with Crippen molar-refractivity contribution >= 4 is 107 Å². The molecule has 107 heavy (non-hydrogen) atoms. The fourth-order valence-corrected chi connectivity index (χ4v) is 18.0. The quantitative estimate of drug-likeness (QED) is 0.0193. The van der Waals surface area contributed by atoms with Crippen LogP contribution in [0.1, 0.15) is 145 Å². The lowest BCUT2D eigenvalue weighted by Crippen LogP contribution is -2.57. The first kappa shape index (κ1) is 81.7. The lowest BCUT2D eigenvalue weighted by Gasteiger charge is -2.37. The van der Waals surface area contributed by atoms with E-state index in [1.165, 1.54) is 58.8 Å². The van der Waals surface area contributed by atoms with Gasteiger partial charge >= 0.3 is 11.5 Å². The number of sulfone groups is 1. The van der Waals surface area contributed by atoms with Crippen LogP contribution in [0.4, 0.5) is 24.5 Å². The fraction of sp³-hybridized carbons (Fsp3) is 0.474. The molecular formula is C78H96ClF3N10O11S4. The van der Waals surface area contributed by atoms with Crippen LogP contribution in [0.15, 0.2) is 147 Å². The molecule has 5 aromatic carbocycles. The minimum atomic E-state index is -6.19. The predicted octanol–water partition coefficient (Wildman–Crippen LogP) is 12.7. The first-order chi connectivity index (χ1) is 50.9. The van der Waals surface area contributed by atoms with Crippen molar-refractivity contribution in [2.75, 3.05) is 88.0 Å². The molecule has 0 spiro atoms. The molecule has 0 saturated carbocycles. The zero-order chi connectivity index (χ0) is 76.8. The summed E-state index contributed by atoms with van der Waals surface area (Å²) < 4.78 is 106. The summed E-state index contributed by atoms with van der Waals surface area (Å²) in [6.07, 6.45) is 6.92. The highest BCUT2D eigenvalue weighted by molar-refractivity contribution is 7.99. The van der Waals surface area contributed by atoms with Gasteiger partial charge in [0, 0.05) is 125 Å². The second kappa shape index (κ2) is 36.6. The molecule has 29 heteroatoms. The van der Waals surface area contributed by atoms with Crippen LogP contribution in [0.5, 0.6) is 0 Å². The number of benzene rings is 5. The number of nitrogens with one attached hydrogen (secondary N) is 4. The maximum absolute atomic E-state index is 14.6. The van der Waals surface area contributed by atoms with Crippen LogP contribution in [0.25, 0.3) is 16.0 Å². The van der Waals surface area contributed by atoms with E-state index in [1.807, 2.05) is 106 Å². The number of aromatic nitrogens is 1. The molecule has 4 heterocycles. The molecule has 0 radical (unpaired) electrons. The Kier molecular flexibility index (Phi) is 27.9. The highest BCUT2D eigenvalue weighted by Gasteiger charge is 2.49. The third kappa shape index (κ3) is 22.0. The Hall–Kier alpha value is -7.86. The zero-order valence-corrected chi connectivity index (χ0v) is 65.3. The summed E-state index contributed by atoms with van der Waals surface area (Å²) in [6.45, 7) is 16.5. The Labute approximate surface area is 639 Å². The third-order valence-electron chi connectivity index (χ3n) is 20.1. The highest BCUT2D eigenvalue weighted by Crippen LogP contribution is 2.39. The van der Waals surface area contributed by atoms with E-state index in [9.17, 15) is 58.8 Å². The van der Waals surface area contributed by atoms with E-state index >= 15 is 0 Å². The third-order valence-corrected chi connectivity index (χ3v) is 25.4. The summed E-state index contributed by atoms with van der Waals surface area (Å²) in [7, 11) is -11.1. The second-order valence-electron chi connectivity index (χ2n) is 29.0. The van der Waals surface area contributed by atoms with Crippen LogP contribution >= 0.6 is 34.7 Å². The van der Waals surface area contributed by atoms with E-state index in [1.54, 1.807) is 33.9 Å². The molecule has 6 aromatic rings. The number of piperazine rings is 2. The number of allylic oxidation sites excluding steroid dienone is 1. The van der Waals surface area contributed by atoms with E-state index in [0.717, 1.165) is 89.7 Å². The van der Waals surface area contributed by atoms with Crippen molar-refractivity contribution in [1.82, 2.24) is 39.9 Å². The predicted molar refractivity (Wildman–Crippen MR) is 412 cm³/mol. The molecule has 10 rings (SSSR count). The molecule has 1 aromatic heterocycles. The number of sulfonamides is 1. The number of carbonyl (C=O) groups excluding carboxylic acids is 6. The molecule has 1 aliphatic carbocycles. The SMILES string of the molecule is CC(=O)OC1CC(C(=O)N[C@@H](C)c2ccc(-c3scnc3C)cc2)N(C(=O)C(NC(=O)CCCCCC(=O)N2CCN(CCC(CSc3ccccc3)Nc3ccc(S(=O)(=O)NC(=O)c4ccc(N5CCN(CC6=C(c7ccc(Cl)cc7)CCCCC6)CC5)cc4)cc3S(=O)(=O)C(F)(F)F)CC2)C(C)(C)C)C1. The minimum absolute atomic E-state index is 0.0361. The van der Waals surface area contributed by atoms with Crippen LogP contribution in [-0.4, -0.2) is 184 Å². The van der Waals surface area contributed by atoms with Crippen molar-refractivity contribution in [1.29, 1.82) is 0 Å². The highest BCUT2D eigenvalue weighted by atomic mass is 35.5. The summed E-state index contributed by atoms with van der Waals surface area (Å²) in [6, 6.07) is 30.6. The van der Waals surface area contributed by atoms with Gasteiger partial charge in [-0.15, -0.1) is 23.1 Å². The van der Waals surface area contributed by atoms with E-state index in [0.29, 0.717) is 82.6 Å². The summed E-state index contributed by atoms with van der Waals surface area (Å²) >= 11 is 9.14. The maximum Gasteiger partial charge on any atom is 0.501 e. The Bertz CT molecular complexity index is 4360. The van der Waals surface area contributed by atoms with Crippen LogP contribution in [0.2, 0.25) is 5.02 Å². The van der Waals surface area contributed by atoms with Crippen molar-refractivity contribution in [3.63, 3.8) is 0 Å². The Morgan fingerprint density at radius 2 is 1.42 bits per heavy atom. The van der Waals surface area contributed by atoms with Gasteiger partial charge < -0.3 is 35.4 Å². The van der Waals surface area contributed by atoms with Gasteiger partial charge in [-0.25, -0.2) is 26.5 Å². The smallest absolute Gasteiger partial charge is 0.461 e. The van der Waals surface area contributed by atoms with Crippen molar-refractivity contribution in [3.8, 4) is 10.4 Å². The molecule has 0 bridgehead atoms. The number of thioether (sulfide) groups is 1. The number of anilines is 2. The van der Waals surface area contributed by atoms with Gasteiger partial charge in [0.1, 0.15) is 23.1 Å². The average Bonchev–Trinajstić information content (AvgIpc) is 1.58. The first-order valence-electron chi connectivity index (χ1n) is 36.5. The molecule has 4 aliphatic rings. The number of nitrogens with zero attached hydrogens (tertiary/aromatic N) is 6. The monoisotopic (exact) mass is 1570 g/mol. The van der Waals surface area contributed by atoms with Gasteiger partial charge in [-0.1, -0.05) is 105 Å². The number of unbranched alkanes of at least 4 members (excludes halogenated alkanes) is 2. The number of halogens is 4. The summed E-state index contributed by atoms with van der Waals surface area (Å²) in [5.74, 6) is -2.71. The Balaban J connectivity index is 0.695. The van der Waals surface area contributed by atoms with Crippen molar-refractivity contribution in [2.24, 2.45) is 5.41 Å². The molecular weight excluding hydrogens is 1470 g/mol. The number of alkyl halides is 3. The number of hydrogen-bond donors (Lipinski definition) is 4. The second-order valence-corrected chi connectivity index (χ2v) is 35.0. The van der Waals surface area contributed by atoms with Gasteiger partial charge in [-0.05, 0) is 153 Å². The number of aryl methyl sites for hydroxylation is 1. The van der Waals surface area contributed by atoms with Crippen molar-refractivity contribution < 1.29 is 63.5 Å². The fourth-order valence-electron chi connectivity index (χ4n) is 14.1. The van der Waals surface area contributed by atoms with E-state index in [4.69, 9.17) is 16.3 Å². The molecule has 3 aliphatic heterocycles. The first-order valence-corrected chi connectivity index (χ1v) is 41.7. The van der Waals surface area contributed by atoms with E-state index < -0.39 is 100 Å². The molecule has 5 atom stereocenters. The largest absolute Gasteiger partial charge is 0.501 e. The van der Waals surface area contributed by atoms with Gasteiger partial charge in [0.05, 0.1) is 39.3 Å². The molecule has 21 nitrogen and oxygen atoms in total. The summed E-state index contributed by atoms with van der Waals surface area (Å²) in [4.78, 5) is 95.4. The molecule has 5 amide bonds. The Morgan fingerprint density at radius 1 is 0.757 bits per heavy atom. The lowest BCUT2D eigenvalue weighted by molar-refractivity contribution is -0.147. The Morgan fingerprint density at radius 3 is 2.07 bits per heavy atom. The summed E-state index contributed by atoms with van der Waals surface area (Å²) in [5, 5.41) is 9.69. The molecule has 4 unspecified atom stereocenters. The van der Waals surface area contributed by atoms with Gasteiger partial charge in [-0.3, -0.25) is 38.6 Å². The number of amides is 5. The van der Waals surface area contributed by atoms with Crippen LogP contribution in [0.3, 0.4) is 0 Å². The van der Waals surface area contributed by atoms with Crippen molar-refractivity contribution in [2.45, 2.75) is 169 Å². The average molecular weight is 1570 g/mol. The van der Waals surface area contributed by atoms with Gasteiger partial charge in [0.25, 0.3) is 25.8 Å². The van der Waals surface area contributed by atoms with E-state index in [-0.39, 0.29) is 48.9 Å². The topological polar surface area (TPSA) is 257 Å². The van der Waals surface area contributed by atoms with Crippen LogP contribution in [-0.2, 0) is 48.6 Å². The number of carbonyl (C=O) groups is 6. The van der Waals surface area contributed by atoms with Crippen LogP contribution < -0.4 is 25.6 Å². The number of esters is 1. The molecule has 3 fully saturated rings. The van der Waals surface area contributed by atoms with Gasteiger partial charge in [-0.2, -0.15) is 13.2 Å². The van der Waals surface area contributed by atoms with E-state index in [2.05, 4.69) is 47.8 Å². The number of likely N-dealkylation sites (tertiary alicyclic amines) is 1. The van der Waals surface area contributed by atoms with Crippen LogP contribution in [0, 0.1) is 12.3 Å². The number of ether oxygens (including phenoxy) is 1. The number of thiazole rings is 1. The minimum Gasteiger partial charge on any atom is -0.461 e.